The van der Waals surface area contributed by atoms with Gasteiger partial charge in [0.05, 0.1) is 10.6 Å². The van der Waals surface area contributed by atoms with Crippen LogP contribution in [-0.4, -0.2) is 21.8 Å². The number of hydrogen-bond donors (Lipinski definition) is 2. The molecule has 2 aromatic carbocycles. The molecule has 0 radical (unpaired) electrons. The van der Waals surface area contributed by atoms with Crippen molar-refractivity contribution in [3.8, 4) is 11.1 Å². The number of ketones is 1. The number of fused-ring (bicyclic) bond motifs is 1. The van der Waals surface area contributed by atoms with Crippen LogP contribution in [0.15, 0.2) is 42.6 Å². The Morgan fingerprint density at radius 3 is 2.41 bits per heavy atom. The van der Waals surface area contributed by atoms with Crippen LogP contribution in [-0.2, 0) is 0 Å². The van der Waals surface area contributed by atoms with Crippen LogP contribution in [0.4, 0.5) is 0 Å². The van der Waals surface area contributed by atoms with E-state index >= 15 is 0 Å². The zero-order chi connectivity index (χ0) is 15.9. The predicted molar refractivity (Wildman–Crippen MR) is 85.7 cm³/mol. The first kappa shape index (κ1) is 14.4. The maximum atomic E-state index is 11.3. The second-order valence-corrected chi connectivity index (χ2v) is 5.43. The molecule has 0 fully saturated rings. The molecule has 1 heterocycles. The first-order chi connectivity index (χ1) is 10.5. The van der Waals surface area contributed by atoms with E-state index in [0.29, 0.717) is 21.5 Å². The van der Waals surface area contributed by atoms with Gasteiger partial charge in [-0.05, 0) is 24.6 Å². The fourth-order valence-corrected chi connectivity index (χ4v) is 2.70. The summed E-state index contributed by atoms with van der Waals surface area (Å²) >= 11 is 6.29. The molecule has 0 aliphatic heterocycles. The van der Waals surface area contributed by atoms with Gasteiger partial charge in [0.2, 0.25) is 0 Å². The van der Waals surface area contributed by atoms with Crippen LogP contribution in [0.1, 0.15) is 27.6 Å². The Labute approximate surface area is 131 Å². The first-order valence-corrected chi connectivity index (χ1v) is 7.00. The second-order valence-electron chi connectivity index (χ2n) is 5.02. The minimum atomic E-state index is -0.994. The molecular formula is C17H12ClNO3. The van der Waals surface area contributed by atoms with Crippen LogP contribution in [0.2, 0.25) is 5.02 Å². The number of halogens is 1. The molecule has 1 aromatic heterocycles. The Hall–Kier alpha value is -2.59. The molecular weight excluding hydrogens is 302 g/mol. The van der Waals surface area contributed by atoms with Gasteiger partial charge in [-0.2, -0.15) is 0 Å². The van der Waals surface area contributed by atoms with Crippen molar-refractivity contribution in [1.29, 1.82) is 0 Å². The zero-order valence-corrected chi connectivity index (χ0v) is 12.4. The van der Waals surface area contributed by atoms with E-state index in [4.69, 9.17) is 11.6 Å². The fraction of sp³-hybridized carbons (Fsp3) is 0.0588. The molecule has 0 spiro atoms. The summed E-state index contributed by atoms with van der Waals surface area (Å²) in [4.78, 5) is 25.5. The summed E-state index contributed by atoms with van der Waals surface area (Å²) in [5.41, 5.74) is 3.05. The zero-order valence-electron chi connectivity index (χ0n) is 11.7. The number of aromatic carboxylic acids is 1. The second kappa shape index (κ2) is 5.31. The van der Waals surface area contributed by atoms with Crippen LogP contribution >= 0.6 is 11.6 Å². The van der Waals surface area contributed by atoms with E-state index in [-0.39, 0.29) is 11.3 Å². The van der Waals surface area contributed by atoms with E-state index in [1.54, 1.807) is 36.4 Å². The van der Waals surface area contributed by atoms with Crippen molar-refractivity contribution in [2.24, 2.45) is 0 Å². The predicted octanol–water partition coefficient (Wildman–Crippen LogP) is 4.39. The largest absolute Gasteiger partial charge is 0.478 e. The molecule has 2 N–H and O–H groups in total. The van der Waals surface area contributed by atoms with E-state index in [0.717, 1.165) is 11.1 Å². The van der Waals surface area contributed by atoms with E-state index in [2.05, 4.69) is 4.98 Å². The number of rotatable bonds is 3. The lowest BCUT2D eigenvalue weighted by atomic mass is 10.0. The Morgan fingerprint density at radius 2 is 1.82 bits per heavy atom. The third-order valence-corrected chi connectivity index (χ3v) is 3.91. The summed E-state index contributed by atoms with van der Waals surface area (Å²) < 4.78 is 0. The lowest BCUT2D eigenvalue weighted by Crippen LogP contribution is -1.94. The molecule has 0 unspecified atom stereocenters. The van der Waals surface area contributed by atoms with Crippen molar-refractivity contribution in [1.82, 2.24) is 4.98 Å². The van der Waals surface area contributed by atoms with Gasteiger partial charge >= 0.3 is 5.97 Å². The van der Waals surface area contributed by atoms with E-state index in [9.17, 15) is 14.7 Å². The van der Waals surface area contributed by atoms with Crippen LogP contribution in [0.3, 0.4) is 0 Å². The molecule has 0 bridgehead atoms. The minimum absolute atomic E-state index is 0.00750. The highest BCUT2D eigenvalue weighted by atomic mass is 35.5. The standard InChI is InChI=1S/C17H12ClNO3/c1-9(20)10-2-4-11(5-3-10)12-6-13-14(17(21)22)8-19-16(13)7-15(12)18/h2-8,19H,1H3,(H,21,22). The van der Waals surface area contributed by atoms with E-state index < -0.39 is 5.97 Å². The third-order valence-electron chi connectivity index (χ3n) is 3.60. The molecule has 0 aliphatic rings. The number of aromatic amines is 1. The number of nitrogens with one attached hydrogen (secondary N) is 1. The van der Waals surface area contributed by atoms with Crippen molar-refractivity contribution in [3.63, 3.8) is 0 Å². The number of carbonyl (C=O) groups is 2. The van der Waals surface area contributed by atoms with E-state index in [1.165, 1.54) is 13.1 Å². The van der Waals surface area contributed by atoms with Gasteiger partial charge in [-0.25, -0.2) is 4.79 Å². The van der Waals surface area contributed by atoms with Gasteiger partial charge in [0.15, 0.2) is 5.78 Å². The Kier molecular flexibility index (Phi) is 3.47. The summed E-state index contributed by atoms with van der Waals surface area (Å²) in [6.07, 6.45) is 1.45. The van der Waals surface area contributed by atoms with Gasteiger partial charge in [0, 0.05) is 28.2 Å². The maximum Gasteiger partial charge on any atom is 0.337 e. The van der Waals surface area contributed by atoms with Gasteiger partial charge in [-0.3, -0.25) is 4.79 Å². The summed E-state index contributed by atoms with van der Waals surface area (Å²) in [5, 5.41) is 10.3. The number of benzene rings is 2. The number of carboxylic acids is 1. The molecule has 22 heavy (non-hydrogen) atoms. The average molecular weight is 314 g/mol. The number of Topliss-reactive ketones (excluding diaryl/α,β-unsaturated/α-hetero) is 1. The Balaban J connectivity index is 2.17. The maximum absolute atomic E-state index is 11.3. The van der Waals surface area contributed by atoms with Gasteiger partial charge < -0.3 is 10.1 Å². The molecule has 110 valence electrons. The number of aromatic nitrogens is 1. The summed E-state index contributed by atoms with van der Waals surface area (Å²) in [7, 11) is 0. The molecule has 3 aromatic rings. The Bertz CT molecular complexity index is 894. The van der Waals surface area contributed by atoms with Crippen LogP contribution in [0.25, 0.3) is 22.0 Å². The monoisotopic (exact) mass is 313 g/mol. The lowest BCUT2D eigenvalue weighted by molar-refractivity contribution is 0.0699. The van der Waals surface area contributed by atoms with Gasteiger partial charge in [0.25, 0.3) is 0 Å². The van der Waals surface area contributed by atoms with Gasteiger partial charge in [-0.1, -0.05) is 35.9 Å². The third kappa shape index (κ3) is 2.38. The highest BCUT2D eigenvalue weighted by Gasteiger charge is 2.14. The normalized spacial score (nSPS) is 10.8. The smallest absolute Gasteiger partial charge is 0.337 e. The van der Waals surface area contributed by atoms with Crippen molar-refractivity contribution in [2.75, 3.05) is 0 Å². The van der Waals surface area contributed by atoms with Crippen molar-refractivity contribution in [3.05, 3.63) is 58.7 Å². The van der Waals surface area contributed by atoms with Crippen molar-refractivity contribution in [2.45, 2.75) is 6.92 Å². The number of carbonyl (C=O) groups excluding carboxylic acids is 1. The van der Waals surface area contributed by atoms with Crippen LogP contribution in [0, 0.1) is 0 Å². The molecule has 0 saturated carbocycles. The average Bonchev–Trinajstić information content (AvgIpc) is 2.89. The molecule has 0 aliphatic carbocycles. The fourth-order valence-electron chi connectivity index (χ4n) is 2.43. The summed E-state index contributed by atoms with van der Waals surface area (Å²) in [5.74, 6) is -1.00. The number of H-pyrrole nitrogens is 1. The van der Waals surface area contributed by atoms with Crippen molar-refractivity contribution < 1.29 is 14.7 Å². The molecule has 3 rings (SSSR count). The molecule has 0 amide bonds. The topological polar surface area (TPSA) is 70.2 Å². The molecule has 0 saturated heterocycles. The SMILES string of the molecule is CC(=O)c1ccc(-c2cc3c(C(=O)O)c[nH]c3cc2Cl)cc1. The summed E-state index contributed by atoms with van der Waals surface area (Å²) in [6, 6.07) is 10.5. The van der Waals surface area contributed by atoms with Crippen molar-refractivity contribution >= 4 is 34.3 Å². The highest BCUT2D eigenvalue weighted by molar-refractivity contribution is 6.34. The van der Waals surface area contributed by atoms with Crippen LogP contribution < -0.4 is 0 Å². The number of carboxylic acid groups (broad SMARTS) is 1. The Morgan fingerprint density at radius 1 is 1.14 bits per heavy atom. The first-order valence-electron chi connectivity index (χ1n) is 6.62. The quantitative estimate of drug-likeness (QED) is 0.704. The molecule has 4 nitrogen and oxygen atoms in total. The number of hydrogen-bond acceptors (Lipinski definition) is 2. The van der Waals surface area contributed by atoms with Gasteiger partial charge in [-0.15, -0.1) is 0 Å². The lowest BCUT2D eigenvalue weighted by Gasteiger charge is -2.06. The highest BCUT2D eigenvalue weighted by Crippen LogP contribution is 2.33. The minimum Gasteiger partial charge on any atom is -0.478 e. The van der Waals surface area contributed by atoms with Gasteiger partial charge in [0.1, 0.15) is 0 Å². The van der Waals surface area contributed by atoms with Crippen LogP contribution in [0.5, 0.6) is 0 Å². The molecule has 0 atom stereocenters. The summed E-state index contributed by atoms with van der Waals surface area (Å²) in [6.45, 7) is 1.51. The van der Waals surface area contributed by atoms with E-state index in [1.807, 2.05) is 0 Å². The molecule has 5 heteroatoms.